The fourth-order valence-electron chi connectivity index (χ4n) is 2.34. The molecule has 0 unspecified atom stereocenters. The van der Waals surface area contributed by atoms with Crippen LogP contribution in [-0.2, 0) is 17.8 Å². The van der Waals surface area contributed by atoms with Crippen molar-refractivity contribution in [3.05, 3.63) is 29.3 Å². The summed E-state index contributed by atoms with van der Waals surface area (Å²) in [5, 5.41) is 9.50. The van der Waals surface area contributed by atoms with Gasteiger partial charge < -0.3 is 15.7 Å². The summed E-state index contributed by atoms with van der Waals surface area (Å²) in [7, 11) is 0. The van der Waals surface area contributed by atoms with E-state index in [1.165, 1.54) is 5.56 Å². The molecular weight excluding hydrogens is 240 g/mol. The number of amides is 1. The number of benzene rings is 1. The first-order chi connectivity index (χ1) is 8.85. The average molecular weight is 262 g/mol. The lowest BCUT2D eigenvalue weighted by Crippen LogP contribution is -2.38. The molecule has 3 N–H and O–H groups in total. The van der Waals surface area contributed by atoms with Crippen LogP contribution in [0.2, 0.25) is 0 Å². The van der Waals surface area contributed by atoms with Crippen molar-refractivity contribution < 1.29 is 9.90 Å². The second-order valence-electron chi connectivity index (χ2n) is 6.01. The molecule has 0 radical (unpaired) electrons. The second kappa shape index (κ2) is 5.21. The van der Waals surface area contributed by atoms with Crippen molar-refractivity contribution in [3.8, 4) is 5.75 Å². The number of aromatic hydroxyl groups is 1. The van der Waals surface area contributed by atoms with Crippen molar-refractivity contribution in [2.75, 3.05) is 6.54 Å². The molecule has 0 saturated heterocycles. The minimum absolute atomic E-state index is 0.146. The van der Waals surface area contributed by atoms with Crippen LogP contribution in [0.15, 0.2) is 18.2 Å². The molecule has 1 amide bonds. The van der Waals surface area contributed by atoms with E-state index in [0.29, 0.717) is 19.4 Å². The van der Waals surface area contributed by atoms with Crippen LogP contribution in [0, 0.1) is 0 Å². The van der Waals surface area contributed by atoms with E-state index in [9.17, 15) is 9.90 Å². The van der Waals surface area contributed by atoms with E-state index in [1.54, 1.807) is 12.1 Å². The molecule has 4 nitrogen and oxygen atoms in total. The number of hydrogen-bond donors (Lipinski definition) is 2. The normalized spacial score (nSPS) is 15.2. The molecule has 1 aliphatic heterocycles. The zero-order valence-electron chi connectivity index (χ0n) is 11.6. The molecular formula is C15H22N2O2. The number of hydrogen-bond acceptors (Lipinski definition) is 3. The highest BCUT2D eigenvalue weighted by Gasteiger charge is 2.22. The third-order valence-corrected chi connectivity index (χ3v) is 3.54. The van der Waals surface area contributed by atoms with Crippen LogP contribution >= 0.6 is 0 Å². The number of carbonyl (C=O) groups excluding carboxylic acids is 1. The van der Waals surface area contributed by atoms with Crippen molar-refractivity contribution in [1.29, 1.82) is 0 Å². The molecule has 0 aliphatic carbocycles. The van der Waals surface area contributed by atoms with Gasteiger partial charge in [-0.2, -0.15) is 0 Å². The van der Waals surface area contributed by atoms with Gasteiger partial charge in [-0.15, -0.1) is 0 Å². The van der Waals surface area contributed by atoms with Gasteiger partial charge in [0.25, 0.3) is 0 Å². The molecule has 0 spiro atoms. The Morgan fingerprint density at radius 1 is 1.42 bits per heavy atom. The quantitative estimate of drug-likeness (QED) is 0.872. The largest absolute Gasteiger partial charge is 0.508 e. The van der Waals surface area contributed by atoms with Crippen molar-refractivity contribution in [2.24, 2.45) is 5.73 Å². The molecule has 1 aromatic rings. The van der Waals surface area contributed by atoms with E-state index >= 15 is 0 Å². The standard InChI is InChI=1S/C15H22N2O2/c1-15(2,16)7-5-14(19)17-8-6-11-3-4-13(18)9-12(11)10-17/h3-4,9,18H,5-8,10,16H2,1-2H3. The second-order valence-corrected chi connectivity index (χ2v) is 6.01. The van der Waals surface area contributed by atoms with Crippen molar-refractivity contribution in [3.63, 3.8) is 0 Å². The van der Waals surface area contributed by atoms with Gasteiger partial charge in [-0.3, -0.25) is 4.79 Å². The molecule has 0 atom stereocenters. The number of phenolic OH excluding ortho intramolecular Hbond substituents is 1. The average Bonchev–Trinajstić information content (AvgIpc) is 2.34. The molecule has 0 fully saturated rings. The van der Waals surface area contributed by atoms with Crippen LogP contribution in [-0.4, -0.2) is 28.0 Å². The Morgan fingerprint density at radius 2 is 2.16 bits per heavy atom. The monoisotopic (exact) mass is 262 g/mol. The molecule has 104 valence electrons. The van der Waals surface area contributed by atoms with Gasteiger partial charge in [-0.1, -0.05) is 6.07 Å². The number of carbonyl (C=O) groups is 1. The first kappa shape index (κ1) is 13.9. The Hall–Kier alpha value is -1.55. The summed E-state index contributed by atoms with van der Waals surface area (Å²) in [5.41, 5.74) is 7.87. The topological polar surface area (TPSA) is 66.6 Å². The number of phenols is 1. The van der Waals surface area contributed by atoms with E-state index in [2.05, 4.69) is 0 Å². The van der Waals surface area contributed by atoms with Gasteiger partial charge in [0.1, 0.15) is 5.75 Å². The fraction of sp³-hybridized carbons (Fsp3) is 0.533. The van der Waals surface area contributed by atoms with Gasteiger partial charge in [-0.05, 0) is 49.9 Å². The maximum absolute atomic E-state index is 12.1. The summed E-state index contributed by atoms with van der Waals surface area (Å²) < 4.78 is 0. The molecule has 0 bridgehead atoms. The predicted octanol–water partition coefficient (Wildman–Crippen LogP) is 1.79. The zero-order chi connectivity index (χ0) is 14.0. The Balaban J connectivity index is 1.99. The summed E-state index contributed by atoms with van der Waals surface area (Å²) >= 11 is 0. The Labute approximate surface area is 114 Å². The zero-order valence-corrected chi connectivity index (χ0v) is 11.6. The molecule has 1 aliphatic rings. The van der Waals surface area contributed by atoms with Crippen LogP contribution in [0.1, 0.15) is 37.8 Å². The van der Waals surface area contributed by atoms with Crippen molar-refractivity contribution >= 4 is 5.91 Å². The van der Waals surface area contributed by atoms with Gasteiger partial charge in [0, 0.05) is 25.0 Å². The van der Waals surface area contributed by atoms with Crippen LogP contribution in [0.25, 0.3) is 0 Å². The molecule has 0 saturated carbocycles. The predicted molar refractivity (Wildman–Crippen MR) is 74.7 cm³/mol. The molecule has 1 aromatic carbocycles. The lowest BCUT2D eigenvalue weighted by atomic mass is 9.97. The lowest BCUT2D eigenvalue weighted by molar-refractivity contribution is -0.132. The third kappa shape index (κ3) is 3.70. The van der Waals surface area contributed by atoms with E-state index in [1.807, 2.05) is 24.8 Å². The Kier molecular flexibility index (Phi) is 3.80. The van der Waals surface area contributed by atoms with Crippen LogP contribution in [0.5, 0.6) is 5.75 Å². The van der Waals surface area contributed by atoms with Gasteiger partial charge >= 0.3 is 0 Å². The van der Waals surface area contributed by atoms with Crippen LogP contribution < -0.4 is 5.73 Å². The minimum Gasteiger partial charge on any atom is -0.508 e. The van der Waals surface area contributed by atoms with E-state index in [-0.39, 0.29) is 17.2 Å². The van der Waals surface area contributed by atoms with E-state index in [0.717, 1.165) is 18.5 Å². The number of rotatable bonds is 3. The van der Waals surface area contributed by atoms with Gasteiger partial charge in [0.2, 0.25) is 5.91 Å². The van der Waals surface area contributed by atoms with Gasteiger partial charge in [-0.25, -0.2) is 0 Å². The first-order valence-corrected chi connectivity index (χ1v) is 6.72. The SMILES string of the molecule is CC(C)(N)CCC(=O)N1CCc2ccc(O)cc2C1. The Bertz CT molecular complexity index is 478. The summed E-state index contributed by atoms with van der Waals surface area (Å²) in [4.78, 5) is 14.0. The maximum Gasteiger partial charge on any atom is 0.222 e. The van der Waals surface area contributed by atoms with E-state index < -0.39 is 0 Å². The third-order valence-electron chi connectivity index (χ3n) is 3.54. The molecule has 2 rings (SSSR count). The van der Waals surface area contributed by atoms with Crippen LogP contribution in [0.4, 0.5) is 0 Å². The summed E-state index contributed by atoms with van der Waals surface area (Å²) in [6, 6.07) is 5.39. The fourth-order valence-corrected chi connectivity index (χ4v) is 2.34. The summed E-state index contributed by atoms with van der Waals surface area (Å²) in [5.74, 6) is 0.406. The molecule has 0 aromatic heterocycles. The van der Waals surface area contributed by atoms with Crippen molar-refractivity contribution in [1.82, 2.24) is 4.90 Å². The minimum atomic E-state index is -0.304. The van der Waals surface area contributed by atoms with Crippen molar-refractivity contribution in [2.45, 2.75) is 45.2 Å². The molecule has 1 heterocycles. The molecule has 19 heavy (non-hydrogen) atoms. The maximum atomic E-state index is 12.1. The highest BCUT2D eigenvalue weighted by molar-refractivity contribution is 5.76. The number of nitrogens with zero attached hydrogens (tertiary/aromatic N) is 1. The van der Waals surface area contributed by atoms with Crippen LogP contribution in [0.3, 0.4) is 0 Å². The highest BCUT2D eigenvalue weighted by atomic mass is 16.3. The number of fused-ring (bicyclic) bond motifs is 1. The van der Waals surface area contributed by atoms with Gasteiger partial charge in [0.05, 0.1) is 0 Å². The first-order valence-electron chi connectivity index (χ1n) is 6.72. The summed E-state index contributed by atoms with van der Waals surface area (Å²) in [6.07, 6.45) is 2.03. The highest BCUT2D eigenvalue weighted by Crippen LogP contribution is 2.24. The summed E-state index contributed by atoms with van der Waals surface area (Å²) in [6.45, 7) is 5.21. The lowest BCUT2D eigenvalue weighted by Gasteiger charge is -2.30. The number of nitrogens with two attached hydrogens (primary N) is 1. The van der Waals surface area contributed by atoms with Gasteiger partial charge in [0.15, 0.2) is 0 Å². The Morgan fingerprint density at radius 3 is 2.84 bits per heavy atom. The molecule has 4 heteroatoms. The van der Waals surface area contributed by atoms with E-state index in [4.69, 9.17) is 5.73 Å². The smallest absolute Gasteiger partial charge is 0.222 e.